The van der Waals surface area contributed by atoms with Gasteiger partial charge in [-0.15, -0.1) is 0 Å². The number of benzene rings is 1. The maximum atomic E-state index is 14.4. The fourth-order valence-electron chi connectivity index (χ4n) is 7.46. The zero-order chi connectivity index (χ0) is 39.0. The Hall–Kier alpha value is -4.34. The number of sulfonamides is 1. The number of alkyl carbamates (subject to hydrolysis) is 1. The second kappa shape index (κ2) is 15.4. The van der Waals surface area contributed by atoms with E-state index in [1.54, 1.807) is 25.7 Å². The molecule has 296 valence electrons. The number of nitrogens with zero attached hydrogens (tertiary/aromatic N) is 2. The fourth-order valence-corrected chi connectivity index (χ4v) is 8.82. The minimum atomic E-state index is -3.90. The lowest BCUT2D eigenvalue weighted by Crippen LogP contribution is -2.58. The molecule has 1 aromatic carbocycles. The maximum absolute atomic E-state index is 14.4. The van der Waals surface area contributed by atoms with E-state index in [0.717, 1.165) is 29.7 Å². The maximum Gasteiger partial charge on any atom is 0.410 e. The van der Waals surface area contributed by atoms with Crippen molar-refractivity contribution < 1.29 is 41.9 Å². The summed E-state index contributed by atoms with van der Waals surface area (Å²) in [7, 11) is -3.90. The highest BCUT2D eigenvalue weighted by Crippen LogP contribution is 2.46. The van der Waals surface area contributed by atoms with Gasteiger partial charge in [0.05, 0.1) is 11.8 Å². The molecule has 3 heterocycles. The van der Waals surface area contributed by atoms with Gasteiger partial charge in [-0.3, -0.25) is 24.0 Å². The highest BCUT2D eigenvalue weighted by molar-refractivity contribution is 7.91. The SMILES string of the molecule is CC(C)Nc1ccc2c(c1)CN(C(=O)O[C@@H]1CC3C(=O)N[C@]4(C(=O)NS(=O)(=O)C5CC5)C[C@H]4/C=C\CCCCC[C@H](NC(=O)OC(C)(C)C)C(=O)N3C1)C2. The predicted octanol–water partition coefficient (Wildman–Crippen LogP) is 3.83. The Kier molecular flexibility index (Phi) is 11.2. The van der Waals surface area contributed by atoms with E-state index in [0.29, 0.717) is 38.8 Å². The van der Waals surface area contributed by atoms with Crippen LogP contribution in [-0.4, -0.2) is 95.3 Å². The van der Waals surface area contributed by atoms with Gasteiger partial charge in [-0.25, -0.2) is 18.0 Å². The zero-order valence-corrected chi connectivity index (χ0v) is 32.6. The van der Waals surface area contributed by atoms with Crippen molar-refractivity contribution in [1.82, 2.24) is 25.2 Å². The average molecular weight is 771 g/mol. The van der Waals surface area contributed by atoms with Crippen LogP contribution in [0.25, 0.3) is 0 Å². The first-order chi connectivity index (χ1) is 25.4. The van der Waals surface area contributed by atoms with Gasteiger partial charge >= 0.3 is 12.2 Å². The summed E-state index contributed by atoms with van der Waals surface area (Å²) in [6, 6.07) is 3.97. The minimum Gasteiger partial charge on any atom is -0.444 e. The third-order valence-corrected chi connectivity index (χ3v) is 12.3. The molecule has 1 saturated heterocycles. The molecule has 6 rings (SSSR count). The minimum absolute atomic E-state index is 0.0652. The number of hydrogen-bond acceptors (Lipinski definition) is 10. The first-order valence-corrected chi connectivity index (χ1v) is 20.7. The van der Waals surface area contributed by atoms with E-state index in [9.17, 15) is 32.4 Å². The van der Waals surface area contributed by atoms with Gasteiger partial charge in [0.25, 0.3) is 5.91 Å². The van der Waals surface area contributed by atoms with Gasteiger partial charge < -0.3 is 30.3 Å². The summed E-state index contributed by atoms with van der Waals surface area (Å²) < 4.78 is 39.2. The summed E-state index contributed by atoms with van der Waals surface area (Å²) >= 11 is 0. The van der Waals surface area contributed by atoms with Gasteiger partial charge in [0.2, 0.25) is 21.8 Å². The van der Waals surface area contributed by atoms with Gasteiger partial charge in [0.15, 0.2) is 0 Å². The Morgan fingerprint density at radius 3 is 2.46 bits per heavy atom. The number of fused-ring (bicyclic) bond motifs is 3. The van der Waals surface area contributed by atoms with Crippen LogP contribution in [-0.2, 0) is 47.0 Å². The standard InChI is InChI=1S/C38H54N6O9S/c1-23(2)39-27-14-13-24-20-43(21-25(24)17-27)36(49)52-28-18-31-32(45)41-38(34(47)42-54(50,51)29-15-16-29)19-26(38)11-9-7-6-8-10-12-30(33(46)44(31)22-28)40-35(48)53-37(3,4)5/h9,11,13-14,17,23,26,28-31,39H,6-8,10,12,15-16,18-22H2,1-5H3,(H,40,48)(H,41,45)(H,42,47)/b11-9-/t26-,28-,30+,31?,38-/m1/s1. The Bertz CT molecular complexity index is 1790. The summed E-state index contributed by atoms with van der Waals surface area (Å²) in [5.41, 5.74) is 0.578. The largest absolute Gasteiger partial charge is 0.444 e. The van der Waals surface area contributed by atoms with Crippen LogP contribution >= 0.6 is 0 Å². The van der Waals surface area contributed by atoms with Gasteiger partial charge in [0, 0.05) is 37.2 Å². The molecule has 0 aromatic heterocycles. The molecule has 0 bridgehead atoms. The van der Waals surface area contributed by atoms with E-state index in [1.165, 1.54) is 4.90 Å². The lowest BCUT2D eigenvalue weighted by atomic mass is 10.0. The highest BCUT2D eigenvalue weighted by Gasteiger charge is 2.62. The number of carbonyl (C=O) groups excluding carboxylic acids is 5. The van der Waals surface area contributed by atoms with E-state index in [1.807, 2.05) is 44.2 Å². The Morgan fingerprint density at radius 2 is 1.76 bits per heavy atom. The Balaban J connectivity index is 1.23. The third kappa shape index (κ3) is 9.29. The highest BCUT2D eigenvalue weighted by atomic mass is 32.2. The Morgan fingerprint density at radius 1 is 1.02 bits per heavy atom. The summed E-state index contributed by atoms with van der Waals surface area (Å²) in [5.74, 6) is -2.49. The fraction of sp³-hybridized carbons (Fsp3) is 0.658. The van der Waals surface area contributed by atoms with Crippen LogP contribution in [0.3, 0.4) is 0 Å². The lowest BCUT2D eigenvalue weighted by molar-refractivity contribution is -0.141. The molecule has 3 fully saturated rings. The monoisotopic (exact) mass is 770 g/mol. The molecule has 15 nitrogen and oxygen atoms in total. The van der Waals surface area contributed by atoms with Crippen molar-refractivity contribution in [1.29, 1.82) is 0 Å². The molecule has 1 aromatic rings. The van der Waals surface area contributed by atoms with Crippen LogP contribution < -0.4 is 20.7 Å². The number of amides is 5. The number of rotatable bonds is 7. The molecule has 1 unspecified atom stereocenters. The van der Waals surface area contributed by atoms with Crippen LogP contribution in [0.4, 0.5) is 15.3 Å². The molecule has 5 atom stereocenters. The van der Waals surface area contributed by atoms with Crippen molar-refractivity contribution in [2.45, 2.75) is 146 Å². The Labute approximate surface area is 317 Å². The molecule has 5 aliphatic rings. The van der Waals surface area contributed by atoms with Gasteiger partial charge in [0.1, 0.15) is 29.3 Å². The summed E-state index contributed by atoms with van der Waals surface area (Å²) in [4.78, 5) is 71.7. The molecular formula is C38H54N6O9S. The molecule has 54 heavy (non-hydrogen) atoms. The predicted molar refractivity (Wildman–Crippen MR) is 199 cm³/mol. The number of ether oxygens (including phenoxy) is 2. The molecule has 0 spiro atoms. The lowest BCUT2D eigenvalue weighted by Gasteiger charge is -2.30. The van der Waals surface area contributed by atoms with E-state index < -0.39 is 80.4 Å². The second-order valence-corrected chi connectivity index (χ2v) is 18.6. The van der Waals surface area contributed by atoms with Gasteiger partial charge in [-0.2, -0.15) is 0 Å². The van der Waals surface area contributed by atoms with Crippen LogP contribution in [0.15, 0.2) is 30.4 Å². The second-order valence-electron chi connectivity index (χ2n) is 16.6. The zero-order valence-electron chi connectivity index (χ0n) is 31.8. The van der Waals surface area contributed by atoms with Crippen LogP contribution in [0, 0.1) is 5.92 Å². The number of nitrogens with one attached hydrogen (secondary N) is 4. The molecule has 5 amide bonds. The number of anilines is 1. The smallest absolute Gasteiger partial charge is 0.410 e. The van der Waals surface area contributed by atoms with E-state index in [2.05, 4.69) is 20.7 Å². The van der Waals surface area contributed by atoms with E-state index in [4.69, 9.17) is 9.47 Å². The molecule has 16 heteroatoms. The van der Waals surface area contributed by atoms with Crippen LogP contribution in [0.1, 0.15) is 104 Å². The molecule has 2 saturated carbocycles. The molecule has 0 radical (unpaired) electrons. The van der Waals surface area contributed by atoms with Crippen LogP contribution in [0.5, 0.6) is 0 Å². The quantitative estimate of drug-likeness (QED) is 0.297. The van der Waals surface area contributed by atoms with Gasteiger partial charge in [-0.05, 0) is 96.4 Å². The van der Waals surface area contributed by atoms with Crippen LogP contribution in [0.2, 0.25) is 0 Å². The number of allylic oxidation sites excluding steroid dienone is 1. The van der Waals surface area contributed by atoms with Crippen molar-refractivity contribution >= 4 is 45.6 Å². The van der Waals surface area contributed by atoms with Gasteiger partial charge in [-0.1, -0.05) is 31.1 Å². The number of carbonyl (C=O) groups is 5. The first kappa shape index (κ1) is 39.4. The number of hydrogen-bond donors (Lipinski definition) is 4. The normalized spacial score (nSPS) is 28.0. The topological polar surface area (TPSA) is 193 Å². The molecule has 4 N–H and O–H groups in total. The van der Waals surface area contributed by atoms with Crippen molar-refractivity contribution in [2.75, 3.05) is 11.9 Å². The summed E-state index contributed by atoms with van der Waals surface area (Å²) in [6.45, 7) is 9.77. The van der Waals surface area contributed by atoms with E-state index in [-0.39, 0.29) is 31.8 Å². The molecular weight excluding hydrogens is 717 g/mol. The van der Waals surface area contributed by atoms with Crippen molar-refractivity contribution in [3.05, 3.63) is 41.5 Å². The molecule has 2 aliphatic carbocycles. The summed E-state index contributed by atoms with van der Waals surface area (Å²) in [6.07, 6.45) is 5.64. The van der Waals surface area contributed by atoms with E-state index >= 15 is 0 Å². The van der Waals surface area contributed by atoms with Crippen molar-refractivity contribution in [3.8, 4) is 0 Å². The van der Waals surface area contributed by atoms with Crippen molar-refractivity contribution in [3.63, 3.8) is 0 Å². The average Bonchev–Trinajstić information content (AvgIpc) is 3.96. The molecule has 3 aliphatic heterocycles. The third-order valence-electron chi connectivity index (χ3n) is 10.4. The summed E-state index contributed by atoms with van der Waals surface area (Å²) in [5, 5.41) is 8.26. The first-order valence-electron chi connectivity index (χ1n) is 19.1. The van der Waals surface area contributed by atoms with Crippen molar-refractivity contribution in [2.24, 2.45) is 5.92 Å².